The standard InChI is InChI=1S/C23H27N5O4S/c1-16-4-9-20(31-3)21(14-16)33(29,30)27-19-7-5-18(6-8-19)25-22-15-17(2)24-23(26-22)28-10-12-32-13-11-28/h4-9,14-15,27H,10-13H2,1-3H3,(H,24,25,26). The van der Waals surface area contributed by atoms with E-state index in [4.69, 9.17) is 9.47 Å². The van der Waals surface area contributed by atoms with Crippen LogP contribution >= 0.6 is 0 Å². The first-order valence-corrected chi connectivity index (χ1v) is 12.1. The molecule has 9 nitrogen and oxygen atoms in total. The van der Waals surface area contributed by atoms with Crippen LogP contribution in [0.1, 0.15) is 11.3 Å². The molecule has 2 aromatic carbocycles. The molecule has 1 aliphatic rings. The molecule has 0 spiro atoms. The van der Waals surface area contributed by atoms with Crippen molar-refractivity contribution >= 4 is 33.2 Å². The number of morpholine rings is 1. The molecule has 1 saturated heterocycles. The van der Waals surface area contributed by atoms with Crippen LogP contribution in [-0.4, -0.2) is 51.8 Å². The minimum Gasteiger partial charge on any atom is -0.495 e. The van der Waals surface area contributed by atoms with Gasteiger partial charge in [-0.1, -0.05) is 6.07 Å². The first-order valence-electron chi connectivity index (χ1n) is 10.6. The molecule has 1 aliphatic heterocycles. The van der Waals surface area contributed by atoms with Gasteiger partial charge in [0.2, 0.25) is 5.95 Å². The predicted molar refractivity (Wildman–Crippen MR) is 128 cm³/mol. The Kier molecular flexibility index (Phi) is 6.66. The quantitative estimate of drug-likeness (QED) is 0.542. The summed E-state index contributed by atoms with van der Waals surface area (Å²) in [6.45, 7) is 6.58. The number of benzene rings is 2. The lowest BCUT2D eigenvalue weighted by atomic mass is 10.2. The summed E-state index contributed by atoms with van der Waals surface area (Å²) in [5.74, 6) is 1.63. The summed E-state index contributed by atoms with van der Waals surface area (Å²) in [7, 11) is -2.36. The lowest BCUT2D eigenvalue weighted by molar-refractivity contribution is 0.122. The summed E-state index contributed by atoms with van der Waals surface area (Å²) in [6.07, 6.45) is 0. The molecule has 33 heavy (non-hydrogen) atoms. The zero-order chi connectivity index (χ0) is 23.4. The number of nitrogens with zero attached hydrogens (tertiary/aromatic N) is 3. The number of sulfonamides is 1. The normalized spacial score (nSPS) is 14.1. The van der Waals surface area contributed by atoms with Crippen molar-refractivity contribution in [2.75, 3.05) is 48.4 Å². The first-order chi connectivity index (χ1) is 15.8. The lowest BCUT2D eigenvalue weighted by Crippen LogP contribution is -2.37. The molecular formula is C23H27N5O4S. The van der Waals surface area contributed by atoms with E-state index in [2.05, 4.69) is 24.9 Å². The van der Waals surface area contributed by atoms with Gasteiger partial charge in [-0.2, -0.15) is 4.98 Å². The van der Waals surface area contributed by atoms with E-state index in [1.807, 2.05) is 19.9 Å². The van der Waals surface area contributed by atoms with Crippen LogP contribution < -0.4 is 19.7 Å². The number of hydrogen-bond donors (Lipinski definition) is 2. The monoisotopic (exact) mass is 469 g/mol. The molecule has 0 saturated carbocycles. The summed E-state index contributed by atoms with van der Waals surface area (Å²) in [6, 6.07) is 13.9. The number of rotatable bonds is 7. The van der Waals surface area contributed by atoms with Crippen molar-refractivity contribution in [1.29, 1.82) is 0 Å². The Bertz CT molecular complexity index is 1230. The maximum atomic E-state index is 12.9. The molecule has 0 amide bonds. The van der Waals surface area contributed by atoms with E-state index in [-0.39, 0.29) is 4.90 Å². The van der Waals surface area contributed by atoms with Crippen molar-refractivity contribution in [3.63, 3.8) is 0 Å². The second-order valence-electron chi connectivity index (χ2n) is 7.76. The van der Waals surface area contributed by atoms with Gasteiger partial charge in [0.15, 0.2) is 0 Å². The summed E-state index contributed by atoms with van der Waals surface area (Å²) < 4.78 is 39.0. The van der Waals surface area contributed by atoms with Crippen molar-refractivity contribution in [1.82, 2.24) is 9.97 Å². The molecule has 1 aromatic heterocycles. The Morgan fingerprint density at radius 3 is 2.36 bits per heavy atom. The van der Waals surface area contributed by atoms with Gasteiger partial charge in [-0.25, -0.2) is 13.4 Å². The molecule has 0 radical (unpaired) electrons. The molecule has 3 aromatic rings. The van der Waals surface area contributed by atoms with Crippen LogP contribution in [0.2, 0.25) is 0 Å². The van der Waals surface area contributed by atoms with E-state index in [1.54, 1.807) is 42.5 Å². The van der Waals surface area contributed by atoms with Gasteiger partial charge in [0, 0.05) is 36.2 Å². The fraction of sp³-hybridized carbons (Fsp3) is 0.304. The second-order valence-corrected chi connectivity index (χ2v) is 9.41. The number of methoxy groups -OCH3 is 1. The van der Waals surface area contributed by atoms with Gasteiger partial charge < -0.3 is 19.7 Å². The zero-order valence-corrected chi connectivity index (χ0v) is 19.6. The molecule has 2 heterocycles. The summed E-state index contributed by atoms with van der Waals surface area (Å²) in [4.78, 5) is 11.4. The smallest absolute Gasteiger partial charge is 0.265 e. The highest BCUT2D eigenvalue weighted by Gasteiger charge is 2.20. The molecule has 0 unspecified atom stereocenters. The average Bonchev–Trinajstić information content (AvgIpc) is 2.80. The van der Waals surface area contributed by atoms with Crippen molar-refractivity contribution in [2.45, 2.75) is 18.7 Å². The van der Waals surface area contributed by atoms with Crippen molar-refractivity contribution in [3.05, 3.63) is 59.8 Å². The SMILES string of the molecule is COc1ccc(C)cc1S(=O)(=O)Nc1ccc(Nc2cc(C)nc(N3CCOCC3)n2)cc1. The van der Waals surface area contributed by atoms with E-state index >= 15 is 0 Å². The van der Waals surface area contributed by atoms with E-state index in [0.717, 1.165) is 30.0 Å². The van der Waals surface area contributed by atoms with Crippen molar-refractivity contribution in [2.24, 2.45) is 0 Å². The topological polar surface area (TPSA) is 106 Å². The first kappa shape index (κ1) is 22.8. The van der Waals surface area contributed by atoms with E-state index < -0.39 is 10.0 Å². The zero-order valence-electron chi connectivity index (χ0n) is 18.8. The number of aryl methyl sites for hydroxylation is 2. The van der Waals surface area contributed by atoms with Gasteiger partial charge in [0.1, 0.15) is 16.5 Å². The third kappa shape index (κ3) is 5.52. The van der Waals surface area contributed by atoms with E-state index in [9.17, 15) is 8.42 Å². The molecule has 174 valence electrons. The fourth-order valence-corrected chi connectivity index (χ4v) is 4.81. The highest BCUT2D eigenvalue weighted by atomic mass is 32.2. The summed E-state index contributed by atoms with van der Waals surface area (Å²) in [5.41, 5.74) is 2.90. The number of ether oxygens (including phenoxy) is 2. The Morgan fingerprint density at radius 2 is 1.67 bits per heavy atom. The highest BCUT2D eigenvalue weighted by molar-refractivity contribution is 7.92. The fourth-order valence-electron chi connectivity index (χ4n) is 3.50. The summed E-state index contributed by atoms with van der Waals surface area (Å²) >= 11 is 0. The van der Waals surface area contributed by atoms with Gasteiger partial charge in [-0.15, -0.1) is 0 Å². The largest absolute Gasteiger partial charge is 0.495 e. The maximum Gasteiger partial charge on any atom is 0.265 e. The number of anilines is 4. The minimum atomic E-state index is -3.81. The van der Waals surface area contributed by atoms with Crippen LogP contribution in [0.15, 0.2) is 53.4 Å². The number of aromatic nitrogens is 2. The van der Waals surface area contributed by atoms with E-state index in [0.29, 0.717) is 36.4 Å². The van der Waals surface area contributed by atoms with E-state index in [1.165, 1.54) is 7.11 Å². The average molecular weight is 470 g/mol. The highest BCUT2D eigenvalue weighted by Crippen LogP contribution is 2.27. The van der Waals surface area contributed by atoms with Crippen LogP contribution in [0.3, 0.4) is 0 Å². The third-order valence-corrected chi connectivity index (χ3v) is 6.56. The number of hydrogen-bond acceptors (Lipinski definition) is 8. The van der Waals surface area contributed by atoms with Gasteiger partial charge in [0.25, 0.3) is 10.0 Å². The molecule has 1 fully saturated rings. The second kappa shape index (κ2) is 9.63. The van der Waals surface area contributed by atoms with Gasteiger partial charge in [-0.05, 0) is 55.8 Å². The minimum absolute atomic E-state index is 0.0966. The molecular weight excluding hydrogens is 442 g/mol. The predicted octanol–water partition coefficient (Wildman–Crippen LogP) is 3.48. The van der Waals surface area contributed by atoms with Crippen LogP contribution in [0.4, 0.5) is 23.1 Å². The third-order valence-electron chi connectivity index (χ3n) is 5.15. The van der Waals surface area contributed by atoms with Gasteiger partial charge in [-0.3, -0.25) is 4.72 Å². The van der Waals surface area contributed by atoms with Crippen molar-refractivity contribution in [3.8, 4) is 5.75 Å². The van der Waals surface area contributed by atoms with Crippen LogP contribution in [0.5, 0.6) is 5.75 Å². The van der Waals surface area contributed by atoms with Crippen LogP contribution in [0, 0.1) is 13.8 Å². The Hall–Kier alpha value is -3.37. The molecule has 0 bridgehead atoms. The van der Waals surface area contributed by atoms with Crippen molar-refractivity contribution < 1.29 is 17.9 Å². The molecule has 0 aliphatic carbocycles. The van der Waals surface area contributed by atoms with Crippen LogP contribution in [0.25, 0.3) is 0 Å². The molecule has 4 rings (SSSR count). The number of nitrogens with one attached hydrogen (secondary N) is 2. The van der Waals surface area contributed by atoms with Gasteiger partial charge >= 0.3 is 0 Å². The molecule has 10 heteroatoms. The molecule has 0 atom stereocenters. The molecule has 2 N–H and O–H groups in total. The Morgan fingerprint density at radius 1 is 0.970 bits per heavy atom. The van der Waals surface area contributed by atoms with Gasteiger partial charge in [0.05, 0.1) is 20.3 Å². The lowest BCUT2D eigenvalue weighted by Gasteiger charge is -2.27. The van der Waals surface area contributed by atoms with Crippen LogP contribution in [-0.2, 0) is 14.8 Å². The summed E-state index contributed by atoms with van der Waals surface area (Å²) in [5, 5.41) is 3.27. The Labute approximate surface area is 193 Å². The maximum absolute atomic E-state index is 12.9. The Balaban J connectivity index is 1.49.